The number of nitrogens with zero attached hydrogens (tertiary/aromatic N) is 1. The molecule has 0 aliphatic carbocycles. The predicted molar refractivity (Wildman–Crippen MR) is 74.8 cm³/mol. The Kier molecular flexibility index (Phi) is 4.17. The van der Waals surface area contributed by atoms with Crippen LogP contribution >= 0.6 is 11.3 Å². The maximum Gasteiger partial charge on any atom is 0.433 e. The zero-order valence-electron chi connectivity index (χ0n) is 10.7. The molecule has 7 heteroatoms. The van der Waals surface area contributed by atoms with Crippen molar-refractivity contribution in [2.45, 2.75) is 25.6 Å². The van der Waals surface area contributed by atoms with Gasteiger partial charge in [0.05, 0.1) is 17.6 Å². The molecule has 0 bridgehead atoms. The topological polar surface area (TPSA) is 50.9 Å². The Morgan fingerprint density at radius 3 is 2.80 bits per heavy atom. The first kappa shape index (κ1) is 14.6. The van der Waals surface area contributed by atoms with Gasteiger partial charge in [-0.1, -0.05) is 0 Å². The highest BCUT2D eigenvalue weighted by atomic mass is 32.1. The number of hydrogen-bond acceptors (Lipinski definition) is 4. The Labute approximate surface area is 118 Å². The van der Waals surface area contributed by atoms with Crippen molar-refractivity contribution in [2.24, 2.45) is 0 Å². The number of thiophene rings is 1. The first-order valence-corrected chi connectivity index (χ1v) is 6.91. The maximum absolute atomic E-state index is 12.6. The van der Waals surface area contributed by atoms with E-state index < -0.39 is 11.9 Å². The van der Waals surface area contributed by atoms with Gasteiger partial charge in [-0.3, -0.25) is 0 Å². The number of pyridine rings is 1. The molecule has 2 aromatic rings. The monoisotopic (exact) mass is 301 g/mol. The molecule has 108 valence electrons. The van der Waals surface area contributed by atoms with E-state index in [1.54, 1.807) is 11.3 Å². The van der Waals surface area contributed by atoms with Crippen molar-refractivity contribution < 1.29 is 13.2 Å². The van der Waals surface area contributed by atoms with Gasteiger partial charge in [-0.15, -0.1) is 0 Å². The molecule has 2 rings (SSSR count). The van der Waals surface area contributed by atoms with Gasteiger partial charge in [-0.05, 0) is 41.8 Å². The normalized spacial score (nSPS) is 13.2. The zero-order chi connectivity index (χ0) is 14.8. The molecule has 1 atom stereocenters. The summed E-state index contributed by atoms with van der Waals surface area (Å²) in [6, 6.07) is 2.90. The average Bonchev–Trinajstić information content (AvgIpc) is 2.83. The number of nitrogens with two attached hydrogens (primary N) is 1. The van der Waals surface area contributed by atoms with Gasteiger partial charge in [0.1, 0.15) is 5.69 Å². The first-order chi connectivity index (χ1) is 9.36. The van der Waals surface area contributed by atoms with Gasteiger partial charge >= 0.3 is 6.18 Å². The van der Waals surface area contributed by atoms with E-state index in [9.17, 15) is 13.2 Å². The van der Waals surface area contributed by atoms with E-state index in [1.807, 2.05) is 23.8 Å². The van der Waals surface area contributed by atoms with Crippen molar-refractivity contribution in [1.82, 2.24) is 4.98 Å². The zero-order valence-corrected chi connectivity index (χ0v) is 11.6. The second-order valence-corrected chi connectivity index (χ2v) is 5.32. The van der Waals surface area contributed by atoms with Crippen molar-refractivity contribution in [3.05, 3.63) is 40.3 Å². The summed E-state index contributed by atoms with van der Waals surface area (Å²) < 4.78 is 37.8. The molecule has 0 saturated heterocycles. The van der Waals surface area contributed by atoms with E-state index >= 15 is 0 Å². The van der Waals surface area contributed by atoms with Gasteiger partial charge in [0, 0.05) is 6.04 Å². The van der Waals surface area contributed by atoms with E-state index in [4.69, 9.17) is 5.73 Å². The summed E-state index contributed by atoms with van der Waals surface area (Å²) in [4.78, 5) is 3.30. The lowest BCUT2D eigenvalue weighted by Gasteiger charge is -2.17. The van der Waals surface area contributed by atoms with Gasteiger partial charge < -0.3 is 11.1 Å². The molecule has 3 nitrogen and oxygen atoms in total. The Bertz CT molecular complexity index is 567. The number of alkyl halides is 3. The summed E-state index contributed by atoms with van der Waals surface area (Å²) >= 11 is 1.59. The first-order valence-electron chi connectivity index (χ1n) is 5.96. The van der Waals surface area contributed by atoms with Crippen molar-refractivity contribution in [3.63, 3.8) is 0 Å². The van der Waals surface area contributed by atoms with E-state index in [1.165, 1.54) is 0 Å². The second kappa shape index (κ2) is 5.70. The fraction of sp³-hybridized carbons (Fsp3) is 0.308. The fourth-order valence-corrected chi connectivity index (χ4v) is 2.51. The van der Waals surface area contributed by atoms with Crippen LogP contribution < -0.4 is 11.1 Å². The quantitative estimate of drug-likeness (QED) is 0.903. The summed E-state index contributed by atoms with van der Waals surface area (Å²) in [6.07, 6.45) is -2.73. The summed E-state index contributed by atoms with van der Waals surface area (Å²) in [5.41, 5.74) is 6.32. The third-order valence-electron chi connectivity index (χ3n) is 2.75. The molecule has 2 aromatic heterocycles. The van der Waals surface area contributed by atoms with Crippen LogP contribution in [0.4, 0.5) is 24.5 Å². The molecule has 0 fully saturated rings. The Morgan fingerprint density at radius 2 is 2.20 bits per heavy atom. The van der Waals surface area contributed by atoms with E-state index in [0.29, 0.717) is 6.42 Å². The number of nitrogen functional groups attached to an aromatic ring is 1. The highest BCUT2D eigenvalue weighted by Crippen LogP contribution is 2.31. The van der Waals surface area contributed by atoms with E-state index in [-0.39, 0.29) is 17.4 Å². The summed E-state index contributed by atoms with van der Waals surface area (Å²) in [6.45, 7) is 1.89. The predicted octanol–water partition coefficient (Wildman–Crippen LogP) is 3.79. The van der Waals surface area contributed by atoms with Crippen LogP contribution in [0.3, 0.4) is 0 Å². The minimum Gasteiger partial charge on any atom is -0.396 e. The van der Waals surface area contributed by atoms with Gasteiger partial charge in [0.2, 0.25) is 0 Å². The molecule has 0 radical (unpaired) electrons. The molecule has 0 aliphatic rings. The van der Waals surface area contributed by atoms with Crippen LogP contribution in [-0.4, -0.2) is 11.0 Å². The van der Waals surface area contributed by atoms with E-state index in [0.717, 1.165) is 17.8 Å². The smallest absolute Gasteiger partial charge is 0.396 e. The molecule has 0 amide bonds. The molecule has 1 unspecified atom stereocenters. The molecule has 0 saturated carbocycles. The van der Waals surface area contributed by atoms with Crippen LogP contribution in [0.5, 0.6) is 0 Å². The highest BCUT2D eigenvalue weighted by molar-refractivity contribution is 7.07. The maximum atomic E-state index is 12.6. The SMILES string of the molecule is CC(Cc1ccsc1)Nc1cc(C(F)(F)F)ncc1N. The molecular formula is C13H14F3N3S. The molecular weight excluding hydrogens is 287 g/mol. The van der Waals surface area contributed by atoms with Crippen LogP contribution in [0.25, 0.3) is 0 Å². The van der Waals surface area contributed by atoms with Gasteiger partial charge in [-0.2, -0.15) is 24.5 Å². The molecule has 0 aliphatic heterocycles. The van der Waals surface area contributed by atoms with Crippen molar-refractivity contribution in [3.8, 4) is 0 Å². The van der Waals surface area contributed by atoms with E-state index in [2.05, 4.69) is 10.3 Å². The molecule has 0 spiro atoms. The third-order valence-corrected chi connectivity index (χ3v) is 3.48. The number of anilines is 2. The Morgan fingerprint density at radius 1 is 1.45 bits per heavy atom. The fourth-order valence-electron chi connectivity index (χ4n) is 1.82. The molecule has 0 aromatic carbocycles. The third kappa shape index (κ3) is 3.63. The summed E-state index contributed by atoms with van der Waals surface area (Å²) in [5.74, 6) is 0. The van der Waals surface area contributed by atoms with Gasteiger partial charge in [0.25, 0.3) is 0 Å². The number of halogens is 3. The van der Waals surface area contributed by atoms with Gasteiger partial charge in [-0.25, -0.2) is 4.98 Å². The van der Waals surface area contributed by atoms with Crippen LogP contribution in [0.1, 0.15) is 18.2 Å². The summed E-state index contributed by atoms with van der Waals surface area (Å²) in [7, 11) is 0. The van der Waals surface area contributed by atoms with Crippen molar-refractivity contribution in [2.75, 3.05) is 11.1 Å². The standard InChI is InChI=1S/C13H14F3N3S/c1-8(4-9-2-3-20-7-9)19-11-5-12(13(14,15)16)18-6-10(11)17/h2-3,5-8H,4,17H2,1H3,(H,18,19). The van der Waals surface area contributed by atoms with Crippen LogP contribution in [0, 0.1) is 0 Å². The van der Waals surface area contributed by atoms with Crippen LogP contribution in [0.15, 0.2) is 29.1 Å². The second-order valence-electron chi connectivity index (χ2n) is 4.54. The number of rotatable bonds is 4. The minimum absolute atomic E-state index is 0.0321. The summed E-state index contributed by atoms with van der Waals surface area (Å²) in [5, 5.41) is 6.97. The number of hydrogen-bond donors (Lipinski definition) is 2. The van der Waals surface area contributed by atoms with Crippen molar-refractivity contribution >= 4 is 22.7 Å². The highest BCUT2D eigenvalue weighted by Gasteiger charge is 2.33. The van der Waals surface area contributed by atoms with Crippen molar-refractivity contribution in [1.29, 1.82) is 0 Å². The molecule has 2 heterocycles. The lowest BCUT2D eigenvalue weighted by molar-refractivity contribution is -0.141. The lowest BCUT2D eigenvalue weighted by Crippen LogP contribution is -2.19. The minimum atomic E-state index is -4.47. The molecule has 3 N–H and O–H groups in total. The lowest BCUT2D eigenvalue weighted by atomic mass is 10.1. The Balaban J connectivity index is 2.12. The van der Waals surface area contributed by atoms with Crippen LogP contribution in [0.2, 0.25) is 0 Å². The largest absolute Gasteiger partial charge is 0.433 e. The molecule has 20 heavy (non-hydrogen) atoms. The average molecular weight is 301 g/mol. The number of nitrogens with one attached hydrogen (secondary N) is 1. The van der Waals surface area contributed by atoms with Crippen LogP contribution in [-0.2, 0) is 12.6 Å². The Hall–Kier alpha value is -1.76. The van der Waals surface area contributed by atoms with Gasteiger partial charge in [0.15, 0.2) is 0 Å². The number of aromatic nitrogens is 1.